The van der Waals surface area contributed by atoms with E-state index in [2.05, 4.69) is 26.3 Å². The summed E-state index contributed by atoms with van der Waals surface area (Å²) in [5.41, 5.74) is 3.36. The standard InChI is InChI=1S/C15H11N5S2/c1-10-14(13-8-17-9-21-13)18-15(22-10)12(7-16)20-19-11-5-3-2-4-6-11/h2-6,8-9,12H,1H3. The highest BCUT2D eigenvalue weighted by Crippen LogP contribution is 2.33. The fraction of sp³-hybridized carbons (Fsp3) is 0.133. The van der Waals surface area contributed by atoms with Crippen LogP contribution in [0.5, 0.6) is 0 Å². The molecule has 0 fully saturated rings. The highest BCUT2D eigenvalue weighted by atomic mass is 32.1. The number of aromatic nitrogens is 2. The number of nitrogens with zero attached hydrogens (tertiary/aromatic N) is 5. The topological polar surface area (TPSA) is 74.3 Å². The van der Waals surface area contributed by atoms with Gasteiger partial charge in [0.05, 0.1) is 27.8 Å². The quantitative estimate of drug-likeness (QED) is 0.639. The SMILES string of the molecule is Cc1sc(C(C#N)N=Nc2ccccc2)nc1-c1cncs1. The molecule has 22 heavy (non-hydrogen) atoms. The summed E-state index contributed by atoms with van der Waals surface area (Å²) >= 11 is 3.00. The Balaban J connectivity index is 1.87. The predicted molar refractivity (Wildman–Crippen MR) is 87.3 cm³/mol. The maximum Gasteiger partial charge on any atom is 0.208 e. The van der Waals surface area contributed by atoms with Crippen LogP contribution in [0.1, 0.15) is 15.9 Å². The molecule has 3 rings (SSSR count). The predicted octanol–water partition coefficient (Wildman–Crippen LogP) is 4.92. The molecule has 1 atom stereocenters. The molecule has 0 aliphatic carbocycles. The first-order valence-corrected chi connectivity index (χ1v) is 8.19. The van der Waals surface area contributed by atoms with Gasteiger partial charge >= 0.3 is 0 Å². The van der Waals surface area contributed by atoms with Gasteiger partial charge in [-0.3, -0.25) is 4.98 Å². The molecule has 1 aromatic carbocycles. The van der Waals surface area contributed by atoms with Crippen LogP contribution < -0.4 is 0 Å². The van der Waals surface area contributed by atoms with E-state index in [4.69, 9.17) is 0 Å². The molecule has 2 heterocycles. The molecule has 0 saturated carbocycles. The molecule has 5 nitrogen and oxygen atoms in total. The molecule has 0 N–H and O–H groups in total. The van der Waals surface area contributed by atoms with Gasteiger partial charge in [-0.2, -0.15) is 15.5 Å². The summed E-state index contributed by atoms with van der Waals surface area (Å²) in [7, 11) is 0. The Labute approximate surface area is 135 Å². The minimum absolute atomic E-state index is 0.656. The van der Waals surface area contributed by atoms with Gasteiger partial charge in [-0.15, -0.1) is 22.7 Å². The van der Waals surface area contributed by atoms with Crippen molar-refractivity contribution in [2.24, 2.45) is 10.2 Å². The van der Waals surface area contributed by atoms with Gasteiger partial charge in [0, 0.05) is 11.1 Å². The van der Waals surface area contributed by atoms with Gasteiger partial charge in [0.2, 0.25) is 6.04 Å². The first-order chi connectivity index (χ1) is 10.8. The van der Waals surface area contributed by atoms with Crippen LogP contribution in [0.2, 0.25) is 0 Å². The number of azo groups is 1. The van der Waals surface area contributed by atoms with Gasteiger partial charge in [-0.1, -0.05) is 18.2 Å². The van der Waals surface area contributed by atoms with Gasteiger partial charge in [0.25, 0.3) is 0 Å². The molecule has 2 aromatic heterocycles. The lowest BCUT2D eigenvalue weighted by molar-refractivity contribution is 0.842. The van der Waals surface area contributed by atoms with Crippen molar-refractivity contribution in [2.75, 3.05) is 0 Å². The summed E-state index contributed by atoms with van der Waals surface area (Å²) in [6, 6.07) is 10.8. The van der Waals surface area contributed by atoms with Crippen LogP contribution in [0.4, 0.5) is 5.69 Å². The van der Waals surface area contributed by atoms with Crippen LogP contribution in [0, 0.1) is 18.3 Å². The second kappa shape index (κ2) is 6.56. The van der Waals surface area contributed by atoms with Crippen molar-refractivity contribution in [3.05, 3.63) is 51.9 Å². The molecule has 3 aromatic rings. The van der Waals surface area contributed by atoms with Crippen LogP contribution in [0.15, 0.2) is 52.3 Å². The molecular formula is C15H11N5S2. The van der Waals surface area contributed by atoms with E-state index < -0.39 is 6.04 Å². The molecule has 0 spiro atoms. The summed E-state index contributed by atoms with van der Waals surface area (Å²) in [5.74, 6) is 0. The zero-order chi connectivity index (χ0) is 15.4. The zero-order valence-electron chi connectivity index (χ0n) is 11.7. The molecule has 0 amide bonds. The third-order valence-electron chi connectivity index (χ3n) is 2.88. The van der Waals surface area contributed by atoms with Crippen molar-refractivity contribution >= 4 is 28.4 Å². The second-order valence-electron chi connectivity index (χ2n) is 4.41. The average molecular weight is 325 g/mol. The van der Waals surface area contributed by atoms with E-state index in [1.54, 1.807) is 11.7 Å². The minimum atomic E-state index is -0.689. The lowest BCUT2D eigenvalue weighted by Gasteiger charge is -1.97. The summed E-state index contributed by atoms with van der Waals surface area (Å²) in [6.07, 6.45) is 1.78. The normalized spacial score (nSPS) is 12.4. The fourth-order valence-electron chi connectivity index (χ4n) is 1.84. The summed E-state index contributed by atoms with van der Waals surface area (Å²) in [4.78, 5) is 10.7. The summed E-state index contributed by atoms with van der Waals surface area (Å²) < 4.78 is 0. The molecule has 0 saturated heterocycles. The number of rotatable bonds is 4. The van der Waals surface area contributed by atoms with Gasteiger partial charge < -0.3 is 0 Å². The second-order valence-corrected chi connectivity index (χ2v) is 6.53. The minimum Gasteiger partial charge on any atom is -0.252 e. The Morgan fingerprint density at radius 1 is 1.27 bits per heavy atom. The Bertz CT molecular complexity index is 815. The number of nitriles is 1. The number of hydrogen-bond donors (Lipinski definition) is 0. The Hall–Kier alpha value is -2.43. The maximum atomic E-state index is 9.34. The molecule has 0 aliphatic rings. The highest BCUT2D eigenvalue weighted by molar-refractivity contribution is 7.15. The van der Waals surface area contributed by atoms with Crippen LogP contribution in [0.25, 0.3) is 10.6 Å². The lowest BCUT2D eigenvalue weighted by Crippen LogP contribution is -1.89. The van der Waals surface area contributed by atoms with E-state index in [-0.39, 0.29) is 0 Å². The van der Waals surface area contributed by atoms with E-state index in [0.29, 0.717) is 5.01 Å². The van der Waals surface area contributed by atoms with Gasteiger partial charge in [0.1, 0.15) is 5.01 Å². The van der Waals surface area contributed by atoms with Crippen LogP contribution >= 0.6 is 22.7 Å². The van der Waals surface area contributed by atoms with Crippen molar-refractivity contribution in [2.45, 2.75) is 13.0 Å². The third kappa shape index (κ3) is 3.08. The van der Waals surface area contributed by atoms with Crippen molar-refractivity contribution in [3.63, 3.8) is 0 Å². The Kier molecular flexibility index (Phi) is 4.32. The first-order valence-electron chi connectivity index (χ1n) is 6.49. The van der Waals surface area contributed by atoms with Crippen molar-refractivity contribution in [1.82, 2.24) is 9.97 Å². The van der Waals surface area contributed by atoms with Crippen molar-refractivity contribution in [1.29, 1.82) is 5.26 Å². The number of benzene rings is 1. The Morgan fingerprint density at radius 3 is 2.77 bits per heavy atom. The molecule has 0 aliphatic heterocycles. The van der Waals surface area contributed by atoms with E-state index in [1.807, 2.05) is 37.3 Å². The maximum absolute atomic E-state index is 9.34. The molecular weight excluding hydrogens is 314 g/mol. The summed E-state index contributed by atoms with van der Waals surface area (Å²) in [5, 5.41) is 18.2. The molecule has 108 valence electrons. The monoisotopic (exact) mass is 325 g/mol. The number of thiazole rings is 2. The van der Waals surface area contributed by atoms with Gasteiger partial charge in [0.15, 0.2) is 0 Å². The zero-order valence-corrected chi connectivity index (χ0v) is 13.3. The average Bonchev–Trinajstić information content (AvgIpc) is 3.18. The third-order valence-corrected chi connectivity index (χ3v) is 4.68. The van der Waals surface area contributed by atoms with E-state index in [0.717, 1.165) is 21.1 Å². The van der Waals surface area contributed by atoms with Crippen LogP contribution in [-0.4, -0.2) is 9.97 Å². The summed E-state index contributed by atoms with van der Waals surface area (Å²) in [6.45, 7) is 1.99. The smallest absolute Gasteiger partial charge is 0.208 e. The van der Waals surface area contributed by atoms with Crippen LogP contribution in [0.3, 0.4) is 0 Å². The lowest BCUT2D eigenvalue weighted by atomic mass is 10.3. The first kappa shape index (κ1) is 14.5. The fourth-order valence-corrected chi connectivity index (χ4v) is 3.49. The van der Waals surface area contributed by atoms with Gasteiger partial charge in [-0.25, -0.2) is 4.98 Å². The van der Waals surface area contributed by atoms with Crippen LogP contribution in [-0.2, 0) is 0 Å². The van der Waals surface area contributed by atoms with E-state index in [1.165, 1.54) is 22.7 Å². The van der Waals surface area contributed by atoms with Crippen molar-refractivity contribution in [3.8, 4) is 16.6 Å². The molecule has 0 bridgehead atoms. The highest BCUT2D eigenvalue weighted by Gasteiger charge is 2.18. The largest absolute Gasteiger partial charge is 0.252 e. The molecule has 1 unspecified atom stereocenters. The van der Waals surface area contributed by atoms with E-state index in [9.17, 15) is 5.26 Å². The number of hydrogen-bond acceptors (Lipinski definition) is 7. The van der Waals surface area contributed by atoms with Gasteiger partial charge in [-0.05, 0) is 19.1 Å². The van der Waals surface area contributed by atoms with Crippen molar-refractivity contribution < 1.29 is 0 Å². The Morgan fingerprint density at radius 2 is 2.09 bits per heavy atom. The number of aryl methyl sites for hydroxylation is 1. The van der Waals surface area contributed by atoms with E-state index >= 15 is 0 Å². The molecule has 0 radical (unpaired) electrons. The molecule has 7 heteroatoms.